The Bertz CT molecular complexity index is 1240. The number of benzene rings is 3. The van der Waals surface area contributed by atoms with E-state index >= 15 is 0 Å². The van der Waals surface area contributed by atoms with Gasteiger partial charge in [-0.25, -0.2) is 17.9 Å². The number of sulfonamides is 1. The van der Waals surface area contributed by atoms with Gasteiger partial charge in [0.15, 0.2) is 0 Å². The van der Waals surface area contributed by atoms with Crippen LogP contribution in [0.4, 0.5) is 11.4 Å². The summed E-state index contributed by atoms with van der Waals surface area (Å²) in [6, 6.07) is 17.0. The highest BCUT2D eigenvalue weighted by Crippen LogP contribution is 2.22. The van der Waals surface area contributed by atoms with Crippen molar-refractivity contribution >= 4 is 49.2 Å². The van der Waals surface area contributed by atoms with E-state index in [1.807, 2.05) is 12.1 Å². The quantitative estimate of drug-likeness (QED) is 0.337. The molecule has 0 radical (unpaired) electrons. The Morgan fingerprint density at radius 2 is 1.62 bits per heavy atom. The summed E-state index contributed by atoms with van der Waals surface area (Å²) in [5, 5.41) is 11.8. The Hall–Kier alpha value is -3.21. The fourth-order valence-electron chi connectivity index (χ4n) is 2.88. The molecule has 0 atom stereocenters. The molecule has 1 amide bonds. The molecule has 3 rings (SSSR count). The zero-order chi connectivity index (χ0) is 23.3. The minimum Gasteiger partial charge on any atom is -0.478 e. The van der Waals surface area contributed by atoms with Crippen molar-refractivity contribution in [1.82, 2.24) is 4.72 Å². The van der Waals surface area contributed by atoms with Gasteiger partial charge in [0.1, 0.15) is 0 Å². The van der Waals surface area contributed by atoms with Gasteiger partial charge in [0.25, 0.3) is 5.91 Å². The topological polar surface area (TPSA) is 139 Å². The largest absolute Gasteiger partial charge is 0.478 e. The third-order valence-corrected chi connectivity index (χ3v) is 6.54. The van der Waals surface area contributed by atoms with Crippen LogP contribution in [0, 0.1) is 0 Å². The summed E-state index contributed by atoms with van der Waals surface area (Å²) in [4.78, 5) is 23.9. The van der Waals surface area contributed by atoms with Gasteiger partial charge in [-0.2, -0.15) is 0 Å². The maximum atomic E-state index is 12.5. The highest BCUT2D eigenvalue weighted by molar-refractivity contribution is 9.10. The Morgan fingerprint density at radius 1 is 0.969 bits per heavy atom. The molecule has 0 unspecified atom stereocenters. The molecule has 8 nitrogen and oxygen atoms in total. The van der Waals surface area contributed by atoms with Crippen molar-refractivity contribution in [2.45, 2.75) is 11.3 Å². The van der Waals surface area contributed by atoms with Crippen molar-refractivity contribution in [3.63, 3.8) is 0 Å². The van der Waals surface area contributed by atoms with Crippen LogP contribution < -0.4 is 15.8 Å². The molecule has 0 aliphatic carbocycles. The SMILES string of the molecule is Nc1ccc(CCNS(=O)(=O)c2ccc(C(=O)Nc3ccc(Br)cc3C(=O)O)cc2)cc1. The molecule has 0 saturated carbocycles. The third-order valence-electron chi connectivity index (χ3n) is 4.57. The number of nitrogens with two attached hydrogens (primary N) is 1. The Labute approximate surface area is 193 Å². The van der Waals surface area contributed by atoms with E-state index in [-0.39, 0.29) is 28.3 Å². The number of nitrogen functional groups attached to an aromatic ring is 1. The lowest BCUT2D eigenvalue weighted by Crippen LogP contribution is -2.26. The van der Waals surface area contributed by atoms with E-state index in [2.05, 4.69) is 26.0 Å². The Morgan fingerprint density at radius 3 is 2.25 bits per heavy atom. The van der Waals surface area contributed by atoms with E-state index in [1.54, 1.807) is 18.2 Å². The number of rotatable bonds is 8. The molecule has 0 aliphatic heterocycles. The summed E-state index contributed by atoms with van der Waals surface area (Å²) in [7, 11) is -3.75. The average Bonchev–Trinajstić information content (AvgIpc) is 2.76. The molecule has 32 heavy (non-hydrogen) atoms. The van der Waals surface area contributed by atoms with Gasteiger partial charge in [0.2, 0.25) is 10.0 Å². The van der Waals surface area contributed by atoms with Gasteiger partial charge in [0.05, 0.1) is 16.1 Å². The van der Waals surface area contributed by atoms with E-state index in [9.17, 15) is 23.1 Å². The van der Waals surface area contributed by atoms with E-state index in [0.29, 0.717) is 16.6 Å². The first-order valence-corrected chi connectivity index (χ1v) is 11.7. The summed E-state index contributed by atoms with van der Waals surface area (Å²) in [5.41, 5.74) is 7.46. The Kier molecular flexibility index (Phi) is 7.29. The van der Waals surface area contributed by atoms with Crippen LogP contribution in [-0.4, -0.2) is 31.9 Å². The second-order valence-electron chi connectivity index (χ2n) is 6.86. The minimum atomic E-state index is -3.75. The molecular weight excluding hydrogens is 498 g/mol. The number of carboxylic acids is 1. The van der Waals surface area contributed by atoms with Gasteiger partial charge in [-0.1, -0.05) is 28.1 Å². The standard InChI is InChI=1S/C22H20BrN3O5S/c23-16-5-10-20(19(13-16)22(28)29)26-21(27)15-3-8-18(9-4-15)32(30,31)25-12-11-14-1-6-17(24)7-2-14/h1-10,13,25H,11-12,24H2,(H,26,27)(H,28,29). The highest BCUT2D eigenvalue weighted by atomic mass is 79.9. The van der Waals surface area contributed by atoms with Crippen LogP contribution in [0.1, 0.15) is 26.3 Å². The first kappa shape index (κ1) is 23.5. The number of carbonyl (C=O) groups excluding carboxylic acids is 1. The van der Waals surface area contributed by atoms with E-state index < -0.39 is 21.9 Å². The van der Waals surface area contributed by atoms with E-state index in [1.165, 1.54) is 36.4 Å². The summed E-state index contributed by atoms with van der Waals surface area (Å²) in [6.07, 6.45) is 0.499. The van der Waals surface area contributed by atoms with Gasteiger partial charge < -0.3 is 16.2 Å². The average molecular weight is 518 g/mol. The second-order valence-corrected chi connectivity index (χ2v) is 9.55. The number of hydrogen-bond acceptors (Lipinski definition) is 5. The number of anilines is 2. The van der Waals surface area contributed by atoms with Gasteiger partial charge in [0, 0.05) is 22.3 Å². The lowest BCUT2D eigenvalue weighted by Gasteiger charge is -2.10. The first-order chi connectivity index (χ1) is 15.2. The van der Waals surface area contributed by atoms with E-state index in [4.69, 9.17) is 5.73 Å². The van der Waals surface area contributed by atoms with Crippen LogP contribution in [0.3, 0.4) is 0 Å². The molecule has 166 valence electrons. The zero-order valence-corrected chi connectivity index (χ0v) is 19.1. The molecule has 5 N–H and O–H groups in total. The lowest BCUT2D eigenvalue weighted by molar-refractivity contribution is 0.0698. The second kappa shape index (κ2) is 9.94. The summed E-state index contributed by atoms with van der Waals surface area (Å²) < 4.78 is 28.1. The van der Waals surface area contributed by atoms with Gasteiger partial charge in [-0.05, 0) is 66.6 Å². The lowest BCUT2D eigenvalue weighted by atomic mass is 10.1. The van der Waals surface area contributed by atoms with Crippen molar-refractivity contribution < 1.29 is 23.1 Å². The maximum absolute atomic E-state index is 12.5. The molecular formula is C22H20BrN3O5S. The van der Waals surface area contributed by atoms with Gasteiger partial charge in [-0.15, -0.1) is 0 Å². The van der Waals surface area contributed by atoms with Crippen LogP contribution in [0.25, 0.3) is 0 Å². The summed E-state index contributed by atoms with van der Waals surface area (Å²) in [5.74, 6) is -1.75. The number of amides is 1. The predicted octanol–water partition coefficient (Wildman–Crippen LogP) is 3.50. The molecule has 0 bridgehead atoms. The van der Waals surface area contributed by atoms with Crippen LogP contribution in [-0.2, 0) is 16.4 Å². The Balaban J connectivity index is 1.65. The molecule has 0 heterocycles. The van der Waals surface area contributed by atoms with Gasteiger partial charge >= 0.3 is 5.97 Å². The highest BCUT2D eigenvalue weighted by Gasteiger charge is 2.17. The molecule has 10 heteroatoms. The number of halogens is 1. The molecule has 3 aromatic rings. The molecule has 0 aromatic heterocycles. The van der Waals surface area contributed by atoms with Crippen LogP contribution in [0.2, 0.25) is 0 Å². The van der Waals surface area contributed by atoms with Crippen LogP contribution in [0.15, 0.2) is 76.1 Å². The molecule has 0 aliphatic rings. The van der Waals surface area contributed by atoms with Crippen LogP contribution in [0.5, 0.6) is 0 Å². The minimum absolute atomic E-state index is 0.0150. The number of hydrogen-bond donors (Lipinski definition) is 4. The molecule has 0 saturated heterocycles. The van der Waals surface area contributed by atoms with Crippen molar-refractivity contribution in [3.05, 3.63) is 87.9 Å². The van der Waals surface area contributed by atoms with Crippen molar-refractivity contribution in [3.8, 4) is 0 Å². The first-order valence-electron chi connectivity index (χ1n) is 9.44. The summed E-state index contributed by atoms with van der Waals surface area (Å²) in [6.45, 7) is 0.204. The maximum Gasteiger partial charge on any atom is 0.337 e. The van der Waals surface area contributed by atoms with Crippen molar-refractivity contribution in [1.29, 1.82) is 0 Å². The number of carboxylic acid groups (broad SMARTS) is 1. The van der Waals surface area contributed by atoms with Gasteiger partial charge in [-0.3, -0.25) is 4.79 Å². The predicted molar refractivity (Wildman–Crippen MR) is 125 cm³/mol. The normalized spacial score (nSPS) is 11.2. The molecule has 3 aromatic carbocycles. The number of aromatic carboxylic acids is 1. The van der Waals surface area contributed by atoms with E-state index in [0.717, 1.165) is 5.56 Å². The van der Waals surface area contributed by atoms with Crippen molar-refractivity contribution in [2.24, 2.45) is 0 Å². The number of nitrogens with one attached hydrogen (secondary N) is 2. The fraction of sp³-hybridized carbons (Fsp3) is 0.0909. The number of carbonyl (C=O) groups is 2. The van der Waals surface area contributed by atoms with Crippen molar-refractivity contribution in [2.75, 3.05) is 17.6 Å². The molecule has 0 spiro atoms. The fourth-order valence-corrected chi connectivity index (χ4v) is 4.27. The van der Waals surface area contributed by atoms with Crippen LogP contribution >= 0.6 is 15.9 Å². The summed E-state index contributed by atoms with van der Waals surface area (Å²) >= 11 is 3.19. The third kappa shape index (κ3) is 5.94. The molecule has 0 fully saturated rings. The smallest absolute Gasteiger partial charge is 0.337 e. The monoisotopic (exact) mass is 517 g/mol. The zero-order valence-electron chi connectivity index (χ0n) is 16.7.